The molecule has 0 saturated heterocycles. The molecule has 0 radical (unpaired) electrons. The highest BCUT2D eigenvalue weighted by molar-refractivity contribution is 7.99. The molecule has 1 aromatic heterocycles. The molecule has 2 rings (SSSR count). The van der Waals surface area contributed by atoms with E-state index >= 15 is 0 Å². The molecule has 0 saturated carbocycles. The highest BCUT2D eigenvalue weighted by Gasteiger charge is 2.11. The van der Waals surface area contributed by atoms with E-state index in [1.54, 1.807) is 24.3 Å². The molecule has 2 amide bonds. The summed E-state index contributed by atoms with van der Waals surface area (Å²) in [5.41, 5.74) is 1.37. The first-order chi connectivity index (χ1) is 11.5. The van der Waals surface area contributed by atoms with E-state index in [9.17, 15) is 9.59 Å². The number of carbonyl (C=O) groups is 2. The van der Waals surface area contributed by atoms with E-state index in [4.69, 9.17) is 0 Å². The van der Waals surface area contributed by atoms with Crippen molar-refractivity contribution in [2.75, 3.05) is 16.4 Å². The first-order valence-electron chi connectivity index (χ1n) is 7.68. The lowest BCUT2D eigenvalue weighted by atomic mass is 10.3. The van der Waals surface area contributed by atoms with Crippen LogP contribution < -0.4 is 10.6 Å². The van der Waals surface area contributed by atoms with E-state index in [1.165, 1.54) is 18.7 Å². The van der Waals surface area contributed by atoms with Crippen LogP contribution in [0.2, 0.25) is 0 Å². The lowest BCUT2D eigenvalue weighted by molar-refractivity contribution is -0.114. The van der Waals surface area contributed by atoms with Crippen LogP contribution in [0.3, 0.4) is 0 Å². The summed E-state index contributed by atoms with van der Waals surface area (Å²) in [5, 5.41) is 14.5. The van der Waals surface area contributed by atoms with E-state index in [0.29, 0.717) is 11.4 Å². The molecule has 2 N–H and O–H groups in total. The Bertz CT molecular complexity index is 712. The van der Waals surface area contributed by atoms with Crippen LogP contribution in [0.25, 0.3) is 0 Å². The van der Waals surface area contributed by atoms with Crippen molar-refractivity contribution in [2.24, 2.45) is 7.05 Å². The number of rotatable bonds is 7. The third-order valence-corrected chi connectivity index (χ3v) is 4.24. The molecule has 1 aromatic carbocycles. The molecule has 1 heterocycles. The summed E-state index contributed by atoms with van der Waals surface area (Å²) >= 11 is 1.35. The molecule has 8 heteroatoms. The highest BCUT2D eigenvalue weighted by Crippen LogP contribution is 2.18. The number of hydrogen-bond acceptors (Lipinski definition) is 5. The SMILES string of the molecule is CCCc1nnc(SCC(=O)Nc2ccc(NC(C)=O)cc2)n1C. The van der Waals surface area contributed by atoms with Crippen molar-refractivity contribution in [1.29, 1.82) is 0 Å². The zero-order chi connectivity index (χ0) is 17.5. The van der Waals surface area contributed by atoms with Gasteiger partial charge in [0.25, 0.3) is 0 Å². The molecule has 128 valence electrons. The van der Waals surface area contributed by atoms with E-state index < -0.39 is 0 Å². The summed E-state index contributed by atoms with van der Waals surface area (Å²) in [5.74, 6) is 0.932. The van der Waals surface area contributed by atoms with Crippen LogP contribution >= 0.6 is 11.8 Å². The van der Waals surface area contributed by atoms with Crippen molar-refractivity contribution in [3.63, 3.8) is 0 Å². The minimum absolute atomic E-state index is 0.118. The number of aromatic nitrogens is 3. The average Bonchev–Trinajstić information content (AvgIpc) is 2.88. The second-order valence-corrected chi connectivity index (χ2v) is 6.25. The molecule has 0 unspecified atom stereocenters. The van der Waals surface area contributed by atoms with Crippen LogP contribution in [0.5, 0.6) is 0 Å². The number of nitrogens with zero attached hydrogens (tertiary/aromatic N) is 3. The van der Waals surface area contributed by atoms with Gasteiger partial charge >= 0.3 is 0 Å². The fraction of sp³-hybridized carbons (Fsp3) is 0.375. The molecule has 2 aromatic rings. The maximum atomic E-state index is 12.0. The van der Waals surface area contributed by atoms with Gasteiger partial charge in [-0.3, -0.25) is 9.59 Å². The molecule has 0 aliphatic heterocycles. The Morgan fingerprint density at radius 2 is 1.75 bits per heavy atom. The molecule has 0 spiro atoms. The van der Waals surface area contributed by atoms with Gasteiger partial charge in [-0.15, -0.1) is 10.2 Å². The predicted octanol–water partition coefficient (Wildman–Crippen LogP) is 2.46. The van der Waals surface area contributed by atoms with Gasteiger partial charge in [-0.2, -0.15) is 0 Å². The molecular weight excluding hydrogens is 326 g/mol. The number of benzene rings is 1. The van der Waals surface area contributed by atoms with Crippen LogP contribution in [0.1, 0.15) is 26.1 Å². The standard InChI is InChI=1S/C16H21N5O2S/c1-4-5-14-19-20-16(21(14)3)24-10-15(23)18-13-8-6-12(7-9-13)17-11(2)22/h6-9H,4-5,10H2,1-3H3,(H,17,22)(H,18,23). The van der Waals surface area contributed by atoms with Crippen LogP contribution in [-0.4, -0.2) is 32.3 Å². The molecule has 0 aliphatic rings. The zero-order valence-corrected chi connectivity index (χ0v) is 14.8. The number of hydrogen-bond donors (Lipinski definition) is 2. The summed E-state index contributed by atoms with van der Waals surface area (Å²) in [7, 11) is 1.91. The number of anilines is 2. The number of carbonyl (C=O) groups excluding carboxylic acids is 2. The van der Waals surface area contributed by atoms with Crippen LogP contribution in [0.15, 0.2) is 29.4 Å². The summed E-state index contributed by atoms with van der Waals surface area (Å²) in [4.78, 5) is 23.0. The Hall–Kier alpha value is -2.35. The van der Waals surface area contributed by atoms with Crippen molar-refractivity contribution in [3.8, 4) is 0 Å². The third kappa shape index (κ3) is 5.09. The Kier molecular flexibility index (Phi) is 6.36. The van der Waals surface area contributed by atoms with Gasteiger partial charge in [0.2, 0.25) is 11.8 Å². The van der Waals surface area contributed by atoms with Gasteiger partial charge in [-0.1, -0.05) is 18.7 Å². The number of amides is 2. The Labute approximate surface area is 145 Å². The summed E-state index contributed by atoms with van der Waals surface area (Å²) in [6.45, 7) is 3.54. The van der Waals surface area contributed by atoms with Crippen molar-refractivity contribution in [2.45, 2.75) is 31.8 Å². The predicted molar refractivity (Wildman–Crippen MR) is 95.1 cm³/mol. The van der Waals surface area contributed by atoms with Gasteiger partial charge in [0.15, 0.2) is 5.16 Å². The summed E-state index contributed by atoms with van der Waals surface area (Å²) < 4.78 is 1.92. The van der Waals surface area contributed by atoms with Gasteiger partial charge in [0, 0.05) is 31.8 Å². The Morgan fingerprint density at radius 3 is 2.33 bits per heavy atom. The minimum atomic E-state index is -0.130. The van der Waals surface area contributed by atoms with Crippen molar-refractivity contribution < 1.29 is 9.59 Å². The number of nitrogens with one attached hydrogen (secondary N) is 2. The van der Waals surface area contributed by atoms with Gasteiger partial charge < -0.3 is 15.2 Å². The number of aryl methyl sites for hydroxylation is 1. The van der Waals surface area contributed by atoms with Gasteiger partial charge in [-0.05, 0) is 30.7 Å². The Morgan fingerprint density at radius 1 is 1.12 bits per heavy atom. The largest absolute Gasteiger partial charge is 0.326 e. The second kappa shape index (κ2) is 8.49. The average molecular weight is 347 g/mol. The van der Waals surface area contributed by atoms with Crippen molar-refractivity contribution >= 4 is 35.0 Å². The van der Waals surface area contributed by atoms with Gasteiger partial charge in [0.05, 0.1) is 5.75 Å². The van der Waals surface area contributed by atoms with E-state index in [2.05, 4.69) is 27.8 Å². The molecule has 0 bridgehead atoms. The molecule has 7 nitrogen and oxygen atoms in total. The lowest BCUT2D eigenvalue weighted by Crippen LogP contribution is -2.14. The molecule has 0 aliphatic carbocycles. The summed E-state index contributed by atoms with van der Waals surface area (Å²) in [6, 6.07) is 6.97. The van der Waals surface area contributed by atoms with Crippen molar-refractivity contribution in [1.82, 2.24) is 14.8 Å². The Balaban J connectivity index is 1.86. The van der Waals surface area contributed by atoms with Crippen molar-refractivity contribution in [3.05, 3.63) is 30.1 Å². The van der Waals surface area contributed by atoms with Gasteiger partial charge in [0.1, 0.15) is 5.82 Å². The highest BCUT2D eigenvalue weighted by atomic mass is 32.2. The maximum absolute atomic E-state index is 12.0. The van der Waals surface area contributed by atoms with Gasteiger partial charge in [-0.25, -0.2) is 0 Å². The topological polar surface area (TPSA) is 88.9 Å². The first-order valence-corrected chi connectivity index (χ1v) is 8.66. The second-order valence-electron chi connectivity index (χ2n) is 5.30. The quantitative estimate of drug-likeness (QED) is 0.751. The summed E-state index contributed by atoms with van der Waals surface area (Å²) in [6.07, 6.45) is 1.88. The van der Waals surface area contributed by atoms with Crippen LogP contribution in [0.4, 0.5) is 11.4 Å². The first kappa shape index (κ1) is 18.0. The van der Waals surface area contributed by atoms with E-state index in [1.807, 2.05) is 11.6 Å². The monoisotopic (exact) mass is 347 g/mol. The minimum Gasteiger partial charge on any atom is -0.326 e. The molecular formula is C16H21N5O2S. The number of thioether (sulfide) groups is 1. The smallest absolute Gasteiger partial charge is 0.234 e. The fourth-order valence-electron chi connectivity index (χ4n) is 2.08. The van der Waals surface area contributed by atoms with Crippen LogP contribution in [0, 0.1) is 0 Å². The third-order valence-electron chi connectivity index (χ3n) is 3.22. The normalized spacial score (nSPS) is 10.5. The molecule has 0 atom stereocenters. The molecule has 0 fully saturated rings. The zero-order valence-electron chi connectivity index (χ0n) is 14.0. The maximum Gasteiger partial charge on any atom is 0.234 e. The van der Waals surface area contributed by atoms with Crippen LogP contribution in [-0.2, 0) is 23.1 Å². The molecule has 24 heavy (non-hydrogen) atoms. The lowest BCUT2D eigenvalue weighted by Gasteiger charge is -2.07. The fourth-order valence-corrected chi connectivity index (χ4v) is 2.81. The van der Waals surface area contributed by atoms with E-state index in [-0.39, 0.29) is 17.6 Å². The van der Waals surface area contributed by atoms with E-state index in [0.717, 1.165) is 23.8 Å².